The first-order valence-electron chi connectivity index (χ1n) is 6.49. The smallest absolute Gasteiger partial charge is 0.244 e. The van der Waals surface area contributed by atoms with Gasteiger partial charge in [-0.15, -0.1) is 11.3 Å². The van der Waals surface area contributed by atoms with Crippen LogP contribution in [-0.2, 0) is 4.79 Å². The van der Waals surface area contributed by atoms with Crippen molar-refractivity contribution in [3.63, 3.8) is 0 Å². The maximum absolute atomic E-state index is 11.8. The first-order chi connectivity index (χ1) is 8.46. The molecule has 1 N–H and O–H groups in total. The van der Waals surface area contributed by atoms with Gasteiger partial charge in [0.15, 0.2) is 0 Å². The Bertz CT molecular complexity index is 459. The van der Waals surface area contributed by atoms with E-state index < -0.39 is 0 Å². The highest BCUT2D eigenvalue weighted by molar-refractivity contribution is 7.11. The Kier molecular flexibility index (Phi) is 3.91. The fraction of sp³-hybridized carbons (Fsp3) is 0.533. The number of nitrogens with one attached hydrogen (secondary N) is 1. The third-order valence-electron chi connectivity index (χ3n) is 3.60. The minimum atomic E-state index is 0.0329. The fourth-order valence-electron chi connectivity index (χ4n) is 2.52. The number of aryl methyl sites for hydroxylation is 1. The highest BCUT2D eigenvalue weighted by atomic mass is 32.1. The molecule has 98 valence electrons. The van der Waals surface area contributed by atoms with E-state index in [0.29, 0.717) is 11.5 Å². The highest BCUT2D eigenvalue weighted by Gasteiger charge is 2.31. The molecule has 3 heteroatoms. The Hall–Kier alpha value is -1.09. The van der Waals surface area contributed by atoms with Gasteiger partial charge in [-0.05, 0) is 54.7 Å². The molecule has 1 fully saturated rings. The lowest BCUT2D eigenvalue weighted by molar-refractivity contribution is -0.117. The molecule has 2 nitrogen and oxygen atoms in total. The first kappa shape index (κ1) is 13.3. The number of hydrogen-bond donors (Lipinski definition) is 1. The minimum Gasteiger partial charge on any atom is -0.350 e. The molecule has 0 bridgehead atoms. The second kappa shape index (κ2) is 5.27. The summed E-state index contributed by atoms with van der Waals surface area (Å²) in [5.74, 6) is 0.0329. The lowest BCUT2D eigenvalue weighted by Crippen LogP contribution is -2.32. The molecule has 1 aromatic heterocycles. The molecule has 0 aromatic carbocycles. The van der Waals surface area contributed by atoms with Crippen molar-refractivity contribution in [3.05, 3.63) is 28.0 Å². The van der Waals surface area contributed by atoms with E-state index in [2.05, 4.69) is 32.2 Å². The zero-order valence-electron chi connectivity index (χ0n) is 11.3. The van der Waals surface area contributed by atoms with Crippen molar-refractivity contribution >= 4 is 23.3 Å². The van der Waals surface area contributed by atoms with Crippen molar-refractivity contribution in [3.8, 4) is 0 Å². The summed E-state index contributed by atoms with van der Waals surface area (Å²) in [6, 6.07) is 2.42. The molecule has 1 saturated carbocycles. The number of thiophene rings is 1. The molecule has 1 unspecified atom stereocenters. The average Bonchev–Trinajstić information content (AvgIpc) is 2.82. The summed E-state index contributed by atoms with van der Waals surface area (Å²) >= 11 is 1.67. The van der Waals surface area contributed by atoms with Crippen molar-refractivity contribution in [2.45, 2.75) is 46.1 Å². The van der Waals surface area contributed by atoms with Gasteiger partial charge >= 0.3 is 0 Å². The Morgan fingerprint density at radius 1 is 1.56 bits per heavy atom. The molecule has 1 aliphatic carbocycles. The van der Waals surface area contributed by atoms with E-state index >= 15 is 0 Å². The van der Waals surface area contributed by atoms with Crippen LogP contribution in [0.5, 0.6) is 0 Å². The maximum Gasteiger partial charge on any atom is 0.244 e. The summed E-state index contributed by atoms with van der Waals surface area (Å²) in [4.78, 5) is 13.0. The van der Waals surface area contributed by atoms with Gasteiger partial charge in [0.1, 0.15) is 0 Å². The minimum absolute atomic E-state index is 0.0329. The highest BCUT2D eigenvalue weighted by Crippen LogP contribution is 2.36. The second-order valence-corrected chi connectivity index (χ2v) is 6.86. The summed E-state index contributed by atoms with van der Waals surface area (Å²) in [6.07, 6.45) is 6.96. The quantitative estimate of drug-likeness (QED) is 0.826. The summed E-state index contributed by atoms with van der Waals surface area (Å²) in [5, 5.41) is 5.14. The van der Waals surface area contributed by atoms with Crippen LogP contribution in [0.1, 0.15) is 43.6 Å². The molecule has 1 aliphatic rings. The van der Waals surface area contributed by atoms with Gasteiger partial charge in [0.25, 0.3) is 0 Å². The van der Waals surface area contributed by atoms with Crippen LogP contribution in [0.15, 0.2) is 17.5 Å². The Morgan fingerprint density at radius 3 is 2.89 bits per heavy atom. The molecule has 1 aromatic rings. The van der Waals surface area contributed by atoms with E-state index in [1.807, 2.05) is 11.5 Å². The first-order valence-corrected chi connectivity index (χ1v) is 7.37. The number of amides is 1. The average molecular weight is 263 g/mol. The molecule has 0 saturated heterocycles. The van der Waals surface area contributed by atoms with Crippen molar-refractivity contribution in [1.82, 2.24) is 5.32 Å². The van der Waals surface area contributed by atoms with E-state index in [-0.39, 0.29) is 5.91 Å². The van der Waals surface area contributed by atoms with E-state index in [4.69, 9.17) is 0 Å². The van der Waals surface area contributed by atoms with Crippen molar-refractivity contribution < 1.29 is 4.79 Å². The summed E-state index contributed by atoms with van der Waals surface area (Å²) < 4.78 is 0. The zero-order valence-corrected chi connectivity index (χ0v) is 12.1. The standard InChI is InChI=1S/C15H21NOS/c1-11-7-9-18-13(11)4-5-14(17)16-12-6-8-15(2,3)10-12/h4-5,7,9,12H,6,8,10H2,1-3H3,(H,16,17)/b5-4+. The van der Waals surface area contributed by atoms with Gasteiger partial charge in [-0.2, -0.15) is 0 Å². The van der Waals surface area contributed by atoms with Crippen LogP contribution < -0.4 is 5.32 Å². The fourth-order valence-corrected chi connectivity index (χ4v) is 3.33. The molecule has 1 heterocycles. The van der Waals surface area contributed by atoms with Crippen molar-refractivity contribution in [1.29, 1.82) is 0 Å². The van der Waals surface area contributed by atoms with Crippen LogP contribution in [0.4, 0.5) is 0 Å². The predicted molar refractivity (Wildman–Crippen MR) is 77.7 cm³/mol. The van der Waals surface area contributed by atoms with E-state index in [0.717, 1.165) is 17.7 Å². The second-order valence-electron chi connectivity index (χ2n) is 5.91. The van der Waals surface area contributed by atoms with E-state index in [9.17, 15) is 4.79 Å². The van der Waals surface area contributed by atoms with Gasteiger partial charge in [-0.3, -0.25) is 4.79 Å². The zero-order chi connectivity index (χ0) is 13.2. The normalized spacial score (nSPS) is 22.5. The molecule has 18 heavy (non-hydrogen) atoms. The Morgan fingerprint density at radius 2 is 2.33 bits per heavy atom. The summed E-state index contributed by atoms with van der Waals surface area (Å²) in [5.41, 5.74) is 1.61. The predicted octanol–water partition coefficient (Wildman–Crippen LogP) is 3.76. The molecule has 0 aliphatic heterocycles. The van der Waals surface area contributed by atoms with Gasteiger partial charge in [-0.1, -0.05) is 13.8 Å². The summed E-state index contributed by atoms with van der Waals surface area (Å²) in [6.45, 7) is 6.60. The molecule has 1 amide bonds. The van der Waals surface area contributed by atoms with Crippen molar-refractivity contribution in [2.75, 3.05) is 0 Å². The molecule has 0 radical (unpaired) electrons. The van der Waals surface area contributed by atoms with E-state index in [1.165, 1.54) is 12.0 Å². The van der Waals surface area contributed by atoms with Gasteiger partial charge in [-0.25, -0.2) is 0 Å². The SMILES string of the molecule is Cc1ccsc1/C=C/C(=O)NC1CCC(C)(C)C1. The molecular weight excluding hydrogens is 242 g/mol. The van der Waals surface area contributed by atoms with Crippen LogP contribution in [0.3, 0.4) is 0 Å². The number of carbonyl (C=O) groups excluding carboxylic acids is 1. The molecule has 1 atom stereocenters. The van der Waals surface area contributed by atoms with Crippen LogP contribution in [0, 0.1) is 12.3 Å². The third kappa shape index (κ3) is 3.45. The third-order valence-corrected chi connectivity index (χ3v) is 4.59. The summed E-state index contributed by atoms with van der Waals surface area (Å²) in [7, 11) is 0. The molecule has 0 spiro atoms. The largest absolute Gasteiger partial charge is 0.350 e. The monoisotopic (exact) mass is 263 g/mol. The van der Waals surface area contributed by atoms with Crippen molar-refractivity contribution in [2.24, 2.45) is 5.41 Å². The number of carbonyl (C=O) groups is 1. The Balaban J connectivity index is 1.86. The van der Waals surface area contributed by atoms with E-state index in [1.54, 1.807) is 17.4 Å². The van der Waals surface area contributed by atoms with Crippen LogP contribution in [0.25, 0.3) is 6.08 Å². The van der Waals surface area contributed by atoms with Gasteiger partial charge in [0.05, 0.1) is 0 Å². The lowest BCUT2D eigenvalue weighted by atomic mass is 9.92. The van der Waals surface area contributed by atoms with Crippen LogP contribution in [0.2, 0.25) is 0 Å². The number of rotatable bonds is 3. The number of hydrogen-bond acceptors (Lipinski definition) is 2. The maximum atomic E-state index is 11.8. The Labute approximate surface area is 113 Å². The molecule has 2 rings (SSSR count). The topological polar surface area (TPSA) is 29.1 Å². The van der Waals surface area contributed by atoms with Crippen LogP contribution in [-0.4, -0.2) is 11.9 Å². The van der Waals surface area contributed by atoms with Crippen LogP contribution >= 0.6 is 11.3 Å². The molecular formula is C15H21NOS. The van der Waals surface area contributed by atoms with Gasteiger partial charge in [0, 0.05) is 17.0 Å². The lowest BCUT2D eigenvalue weighted by Gasteiger charge is -2.17. The van der Waals surface area contributed by atoms with Gasteiger partial charge < -0.3 is 5.32 Å². The van der Waals surface area contributed by atoms with Gasteiger partial charge in [0.2, 0.25) is 5.91 Å².